The minimum Gasteiger partial charge on any atom is -0.493 e. The van der Waals surface area contributed by atoms with Crippen molar-refractivity contribution in [2.75, 3.05) is 7.11 Å². The number of hydrogen-bond acceptors (Lipinski definition) is 5. The summed E-state index contributed by atoms with van der Waals surface area (Å²) in [6.45, 7) is 5.67. The number of benzene rings is 1. The number of nitrogens with one attached hydrogen (secondary N) is 1. The highest BCUT2D eigenvalue weighted by atomic mass is 16.5. The molecule has 0 aliphatic rings. The predicted molar refractivity (Wildman–Crippen MR) is 95.8 cm³/mol. The molecule has 0 saturated heterocycles. The molecule has 1 aromatic carbocycles. The number of ether oxygens (including phenoxy) is 2. The van der Waals surface area contributed by atoms with Gasteiger partial charge in [0, 0.05) is 0 Å². The first kappa shape index (κ1) is 19.2. The van der Waals surface area contributed by atoms with E-state index in [1.807, 2.05) is 26.8 Å². The molecule has 0 spiro atoms. The molecule has 2 aromatic rings. The van der Waals surface area contributed by atoms with Gasteiger partial charge in [0.1, 0.15) is 11.4 Å². The summed E-state index contributed by atoms with van der Waals surface area (Å²) in [7, 11) is 1.55. The van der Waals surface area contributed by atoms with E-state index in [1.54, 1.807) is 19.2 Å². The van der Waals surface area contributed by atoms with Crippen molar-refractivity contribution in [3.05, 3.63) is 53.3 Å². The van der Waals surface area contributed by atoms with Gasteiger partial charge in [0.05, 0.1) is 19.3 Å². The first-order valence-electron chi connectivity index (χ1n) is 8.17. The van der Waals surface area contributed by atoms with Crippen LogP contribution in [0.5, 0.6) is 11.5 Å². The van der Waals surface area contributed by atoms with Crippen molar-refractivity contribution >= 4 is 11.9 Å². The fraction of sp³-hybridized carbons (Fsp3) is 0.316. The fourth-order valence-corrected chi connectivity index (χ4v) is 2.34. The molecule has 1 amide bonds. The molecule has 0 fully saturated rings. The van der Waals surface area contributed by atoms with Crippen molar-refractivity contribution in [1.82, 2.24) is 10.3 Å². The van der Waals surface area contributed by atoms with E-state index in [2.05, 4.69) is 10.3 Å². The van der Waals surface area contributed by atoms with E-state index in [4.69, 9.17) is 14.6 Å². The predicted octanol–water partition coefficient (Wildman–Crippen LogP) is 3.07. The monoisotopic (exact) mass is 358 g/mol. The molecule has 0 aliphatic carbocycles. The zero-order valence-corrected chi connectivity index (χ0v) is 15.1. The summed E-state index contributed by atoms with van der Waals surface area (Å²) in [6.07, 6.45) is 0.0134. The summed E-state index contributed by atoms with van der Waals surface area (Å²) in [6, 6.07) is 9.38. The van der Waals surface area contributed by atoms with E-state index >= 15 is 0 Å². The maximum Gasteiger partial charge on any atom is 0.354 e. The van der Waals surface area contributed by atoms with Gasteiger partial charge in [0.2, 0.25) is 0 Å². The molecule has 138 valence electrons. The molecular weight excluding hydrogens is 336 g/mol. The SMILES string of the molecule is COc1cc(C(C)NC(=O)c2cccc(C(=O)O)n2)ccc1OC(C)C. The number of aromatic nitrogens is 1. The molecule has 26 heavy (non-hydrogen) atoms. The van der Waals surface area contributed by atoms with Gasteiger partial charge in [-0.1, -0.05) is 12.1 Å². The minimum absolute atomic E-state index is 0.0134. The third kappa shape index (κ3) is 4.72. The van der Waals surface area contributed by atoms with Crippen molar-refractivity contribution in [2.45, 2.75) is 32.9 Å². The summed E-state index contributed by atoms with van der Waals surface area (Å²) in [4.78, 5) is 27.2. The van der Waals surface area contributed by atoms with E-state index in [-0.39, 0.29) is 23.5 Å². The quantitative estimate of drug-likeness (QED) is 0.789. The zero-order chi connectivity index (χ0) is 19.3. The van der Waals surface area contributed by atoms with Crippen molar-refractivity contribution in [3.8, 4) is 11.5 Å². The maximum absolute atomic E-state index is 12.3. The van der Waals surface area contributed by atoms with E-state index in [1.165, 1.54) is 18.2 Å². The summed E-state index contributed by atoms with van der Waals surface area (Å²) >= 11 is 0. The van der Waals surface area contributed by atoms with E-state index in [0.717, 1.165) is 5.56 Å². The summed E-state index contributed by atoms with van der Waals surface area (Å²) in [5, 5.41) is 11.8. The number of pyridine rings is 1. The Labute approximate surface area is 152 Å². The maximum atomic E-state index is 12.3. The lowest BCUT2D eigenvalue weighted by Crippen LogP contribution is -2.27. The number of nitrogens with zero attached hydrogens (tertiary/aromatic N) is 1. The highest BCUT2D eigenvalue weighted by Crippen LogP contribution is 2.31. The van der Waals surface area contributed by atoms with Gasteiger partial charge in [-0.25, -0.2) is 9.78 Å². The van der Waals surface area contributed by atoms with Crippen molar-refractivity contribution in [2.24, 2.45) is 0 Å². The van der Waals surface area contributed by atoms with Gasteiger partial charge in [-0.3, -0.25) is 4.79 Å². The van der Waals surface area contributed by atoms with Crippen LogP contribution in [-0.4, -0.2) is 35.2 Å². The van der Waals surface area contributed by atoms with Gasteiger partial charge < -0.3 is 19.9 Å². The second-order valence-electron chi connectivity index (χ2n) is 5.99. The minimum atomic E-state index is -1.18. The highest BCUT2D eigenvalue weighted by Gasteiger charge is 2.16. The Morgan fingerprint density at radius 3 is 2.38 bits per heavy atom. The summed E-state index contributed by atoms with van der Waals surface area (Å²) < 4.78 is 11.0. The number of carboxylic acid groups (broad SMARTS) is 1. The largest absolute Gasteiger partial charge is 0.493 e. The molecule has 7 heteroatoms. The average molecular weight is 358 g/mol. The summed E-state index contributed by atoms with van der Waals surface area (Å²) in [5.74, 6) is -0.441. The molecule has 2 N–H and O–H groups in total. The average Bonchev–Trinajstić information content (AvgIpc) is 2.61. The normalized spacial score (nSPS) is 11.7. The van der Waals surface area contributed by atoms with Crippen molar-refractivity contribution in [1.29, 1.82) is 0 Å². The number of methoxy groups -OCH3 is 1. The van der Waals surface area contributed by atoms with Crippen molar-refractivity contribution in [3.63, 3.8) is 0 Å². The number of carbonyl (C=O) groups excluding carboxylic acids is 1. The van der Waals surface area contributed by atoms with Gasteiger partial charge in [-0.15, -0.1) is 0 Å². The third-order valence-corrected chi connectivity index (χ3v) is 3.60. The van der Waals surface area contributed by atoms with Crippen LogP contribution in [0.4, 0.5) is 0 Å². The van der Waals surface area contributed by atoms with E-state index < -0.39 is 11.9 Å². The fourth-order valence-electron chi connectivity index (χ4n) is 2.34. The summed E-state index contributed by atoms with van der Waals surface area (Å²) in [5.41, 5.74) is 0.686. The standard InChI is InChI=1S/C19H22N2O5/c1-11(2)26-16-9-8-13(10-17(16)25-4)12(3)20-18(22)14-6-5-7-15(21-14)19(23)24/h5-12H,1-4H3,(H,20,22)(H,23,24). The van der Waals surface area contributed by atoms with Crippen LogP contribution >= 0.6 is 0 Å². The first-order valence-corrected chi connectivity index (χ1v) is 8.17. The highest BCUT2D eigenvalue weighted by molar-refractivity contribution is 5.94. The van der Waals surface area contributed by atoms with Crippen LogP contribution in [0, 0.1) is 0 Å². The topological polar surface area (TPSA) is 97.8 Å². The van der Waals surface area contributed by atoms with Crippen LogP contribution in [0.2, 0.25) is 0 Å². The molecule has 1 atom stereocenters. The Bertz CT molecular complexity index is 804. The van der Waals surface area contributed by atoms with Gasteiger partial charge in [0.15, 0.2) is 11.5 Å². The lowest BCUT2D eigenvalue weighted by molar-refractivity contribution is 0.0690. The van der Waals surface area contributed by atoms with Crippen LogP contribution in [0.3, 0.4) is 0 Å². The van der Waals surface area contributed by atoms with Crippen LogP contribution in [0.1, 0.15) is 53.4 Å². The lowest BCUT2D eigenvalue weighted by Gasteiger charge is -2.18. The molecule has 1 heterocycles. The Morgan fingerprint density at radius 1 is 1.08 bits per heavy atom. The molecule has 2 rings (SSSR count). The molecule has 0 aliphatic heterocycles. The van der Waals surface area contributed by atoms with Gasteiger partial charge in [-0.2, -0.15) is 0 Å². The molecule has 1 unspecified atom stereocenters. The molecular formula is C19H22N2O5. The van der Waals surface area contributed by atoms with Crippen LogP contribution < -0.4 is 14.8 Å². The Balaban J connectivity index is 2.16. The second-order valence-corrected chi connectivity index (χ2v) is 5.99. The Morgan fingerprint density at radius 2 is 1.77 bits per heavy atom. The smallest absolute Gasteiger partial charge is 0.354 e. The number of carbonyl (C=O) groups is 2. The van der Waals surface area contributed by atoms with Crippen LogP contribution in [0.15, 0.2) is 36.4 Å². The number of amides is 1. The second kappa shape index (κ2) is 8.33. The molecule has 0 saturated carbocycles. The number of carboxylic acids is 1. The Hall–Kier alpha value is -3.09. The first-order chi connectivity index (χ1) is 12.3. The van der Waals surface area contributed by atoms with Gasteiger partial charge >= 0.3 is 5.97 Å². The Kier molecular flexibility index (Phi) is 6.16. The number of aromatic carboxylic acids is 1. The van der Waals surface area contributed by atoms with E-state index in [9.17, 15) is 9.59 Å². The van der Waals surface area contributed by atoms with Crippen LogP contribution in [-0.2, 0) is 0 Å². The lowest BCUT2D eigenvalue weighted by atomic mass is 10.1. The molecule has 0 radical (unpaired) electrons. The van der Waals surface area contributed by atoms with Crippen molar-refractivity contribution < 1.29 is 24.2 Å². The van der Waals surface area contributed by atoms with Gasteiger partial charge in [0.25, 0.3) is 5.91 Å². The van der Waals surface area contributed by atoms with Gasteiger partial charge in [-0.05, 0) is 50.6 Å². The van der Waals surface area contributed by atoms with Crippen LogP contribution in [0.25, 0.3) is 0 Å². The number of hydrogen-bond donors (Lipinski definition) is 2. The number of rotatable bonds is 7. The molecule has 1 aromatic heterocycles. The molecule has 7 nitrogen and oxygen atoms in total. The third-order valence-electron chi connectivity index (χ3n) is 3.60. The van der Waals surface area contributed by atoms with E-state index in [0.29, 0.717) is 11.5 Å². The zero-order valence-electron chi connectivity index (χ0n) is 15.1. The molecule has 0 bridgehead atoms.